The first-order valence-electron chi connectivity index (χ1n) is 6.33. The summed E-state index contributed by atoms with van der Waals surface area (Å²) in [5.41, 5.74) is 0.525. The Labute approximate surface area is 129 Å². The molecular weight excluding hydrogens is 347 g/mol. The molecule has 112 valence electrons. The molecule has 0 atom stereocenters. The van der Waals surface area contributed by atoms with Gasteiger partial charge in [-0.05, 0) is 24.7 Å². The van der Waals surface area contributed by atoms with Crippen molar-refractivity contribution < 1.29 is 17.9 Å². The van der Waals surface area contributed by atoms with E-state index in [0.717, 1.165) is 6.07 Å². The molecular formula is C15H13BrF3NO. The third kappa shape index (κ3) is 3.77. The van der Waals surface area contributed by atoms with Crippen LogP contribution in [0.1, 0.15) is 12.5 Å². The van der Waals surface area contributed by atoms with Crippen molar-refractivity contribution in [2.24, 2.45) is 0 Å². The second-order valence-electron chi connectivity index (χ2n) is 4.31. The number of rotatable bonds is 5. The SMILES string of the molecule is CCNCc1cccc(F)c1Oc1cc(Br)cc(F)c1F. The van der Waals surface area contributed by atoms with E-state index in [1.54, 1.807) is 6.07 Å². The molecule has 0 radical (unpaired) electrons. The summed E-state index contributed by atoms with van der Waals surface area (Å²) in [5.74, 6) is -3.34. The Morgan fingerprint density at radius 3 is 2.62 bits per heavy atom. The zero-order valence-electron chi connectivity index (χ0n) is 11.2. The molecule has 6 heteroatoms. The summed E-state index contributed by atoms with van der Waals surface area (Å²) in [6, 6.07) is 6.63. The smallest absolute Gasteiger partial charge is 0.201 e. The van der Waals surface area contributed by atoms with Crippen LogP contribution in [0.4, 0.5) is 13.2 Å². The van der Waals surface area contributed by atoms with Crippen LogP contribution in [-0.4, -0.2) is 6.54 Å². The van der Waals surface area contributed by atoms with Gasteiger partial charge in [0.2, 0.25) is 5.82 Å². The van der Waals surface area contributed by atoms with E-state index < -0.39 is 17.5 Å². The minimum atomic E-state index is -1.16. The second kappa shape index (κ2) is 6.95. The first kappa shape index (κ1) is 15.9. The van der Waals surface area contributed by atoms with Gasteiger partial charge in [-0.2, -0.15) is 4.39 Å². The highest BCUT2D eigenvalue weighted by Crippen LogP contribution is 2.33. The third-order valence-electron chi connectivity index (χ3n) is 2.79. The van der Waals surface area contributed by atoms with E-state index in [0.29, 0.717) is 23.1 Å². The predicted molar refractivity (Wildman–Crippen MR) is 77.9 cm³/mol. The molecule has 0 aromatic heterocycles. The highest BCUT2D eigenvalue weighted by molar-refractivity contribution is 9.10. The molecule has 2 rings (SSSR count). The molecule has 0 aliphatic heterocycles. The van der Waals surface area contributed by atoms with E-state index >= 15 is 0 Å². The average molecular weight is 360 g/mol. The van der Waals surface area contributed by atoms with Crippen LogP contribution in [0.25, 0.3) is 0 Å². The van der Waals surface area contributed by atoms with Gasteiger partial charge in [0.25, 0.3) is 0 Å². The highest BCUT2D eigenvalue weighted by Gasteiger charge is 2.16. The molecule has 0 saturated heterocycles. The van der Waals surface area contributed by atoms with E-state index in [-0.39, 0.29) is 11.5 Å². The summed E-state index contributed by atoms with van der Waals surface area (Å²) in [7, 11) is 0. The Morgan fingerprint density at radius 2 is 1.90 bits per heavy atom. The summed E-state index contributed by atoms with van der Waals surface area (Å²) in [6.07, 6.45) is 0. The van der Waals surface area contributed by atoms with Gasteiger partial charge >= 0.3 is 0 Å². The van der Waals surface area contributed by atoms with Crippen LogP contribution < -0.4 is 10.1 Å². The highest BCUT2D eigenvalue weighted by atomic mass is 79.9. The van der Waals surface area contributed by atoms with Gasteiger partial charge in [-0.3, -0.25) is 0 Å². The zero-order valence-corrected chi connectivity index (χ0v) is 12.8. The van der Waals surface area contributed by atoms with Gasteiger partial charge in [-0.15, -0.1) is 0 Å². The van der Waals surface area contributed by atoms with Gasteiger partial charge in [0.1, 0.15) is 0 Å². The molecule has 2 nitrogen and oxygen atoms in total. The van der Waals surface area contributed by atoms with Crippen molar-refractivity contribution in [1.29, 1.82) is 0 Å². The van der Waals surface area contributed by atoms with Crippen molar-refractivity contribution in [3.8, 4) is 11.5 Å². The minimum absolute atomic E-state index is 0.116. The molecule has 2 aromatic carbocycles. The predicted octanol–water partition coefficient (Wildman–Crippen LogP) is 4.77. The van der Waals surface area contributed by atoms with Crippen molar-refractivity contribution in [3.63, 3.8) is 0 Å². The van der Waals surface area contributed by atoms with Crippen molar-refractivity contribution >= 4 is 15.9 Å². The number of halogens is 4. The van der Waals surface area contributed by atoms with Crippen LogP contribution in [0.15, 0.2) is 34.8 Å². The van der Waals surface area contributed by atoms with Crippen LogP contribution in [0.5, 0.6) is 11.5 Å². The summed E-state index contributed by atoms with van der Waals surface area (Å²) < 4.78 is 46.6. The molecule has 2 aromatic rings. The Bertz CT molecular complexity index is 649. The van der Waals surface area contributed by atoms with Crippen molar-refractivity contribution in [2.45, 2.75) is 13.5 Å². The van der Waals surface area contributed by atoms with Crippen LogP contribution >= 0.6 is 15.9 Å². The van der Waals surface area contributed by atoms with E-state index in [4.69, 9.17) is 4.74 Å². The van der Waals surface area contributed by atoms with Gasteiger partial charge in [0.15, 0.2) is 23.1 Å². The molecule has 0 heterocycles. The van der Waals surface area contributed by atoms with E-state index in [1.807, 2.05) is 6.92 Å². The van der Waals surface area contributed by atoms with E-state index in [9.17, 15) is 13.2 Å². The quantitative estimate of drug-likeness (QED) is 0.776. The first-order valence-corrected chi connectivity index (χ1v) is 7.12. The maximum atomic E-state index is 13.9. The molecule has 0 amide bonds. The van der Waals surface area contributed by atoms with Crippen LogP contribution in [0.2, 0.25) is 0 Å². The molecule has 1 N–H and O–H groups in total. The molecule has 0 fully saturated rings. The molecule has 0 unspecified atom stereocenters. The average Bonchev–Trinajstić information content (AvgIpc) is 2.44. The fourth-order valence-electron chi connectivity index (χ4n) is 1.78. The lowest BCUT2D eigenvalue weighted by atomic mass is 10.2. The second-order valence-corrected chi connectivity index (χ2v) is 5.23. The van der Waals surface area contributed by atoms with Crippen LogP contribution in [0.3, 0.4) is 0 Å². The topological polar surface area (TPSA) is 21.3 Å². The number of nitrogens with one attached hydrogen (secondary N) is 1. The maximum absolute atomic E-state index is 13.9. The standard InChI is InChI=1S/C15H13BrF3NO/c1-2-20-8-9-4-3-5-11(17)15(9)21-13-7-10(16)6-12(18)14(13)19/h3-7,20H,2,8H2,1H3. The first-order chi connectivity index (χ1) is 10.0. The molecule has 0 spiro atoms. The minimum Gasteiger partial charge on any atom is -0.451 e. The van der Waals surface area contributed by atoms with Crippen molar-refractivity contribution in [2.75, 3.05) is 6.54 Å². The largest absolute Gasteiger partial charge is 0.451 e. The normalized spacial score (nSPS) is 10.7. The fraction of sp³-hybridized carbons (Fsp3) is 0.200. The number of ether oxygens (including phenoxy) is 1. The monoisotopic (exact) mass is 359 g/mol. The third-order valence-corrected chi connectivity index (χ3v) is 3.24. The lowest BCUT2D eigenvalue weighted by Crippen LogP contribution is -2.13. The Hall–Kier alpha value is -1.53. The van der Waals surface area contributed by atoms with Crippen LogP contribution in [0, 0.1) is 17.5 Å². The van der Waals surface area contributed by atoms with Crippen molar-refractivity contribution in [3.05, 3.63) is 57.8 Å². The summed E-state index contributed by atoms with van der Waals surface area (Å²) in [5, 5.41) is 3.03. The number of benzene rings is 2. The van der Waals surface area contributed by atoms with Gasteiger partial charge < -0.3 is 10.1 Å². The lowest BCUT2D eigenvalue weighted by Gasteiger charge is -2.13. The van der Waals surface area contributed by atoms with Gasteiger partial charge in [0, 0.05) is 16.6 Å². The van der Waals surface area contributed by atoms with Crippen LogP contribution in [-0.2, 0) is 6.54 Å². The summed E-state index contributed by atoms with van der Waals surface area (Å²) in [4.78, 5) is 0. The Morgan fingerprint density at radius 1 is 1.14 bits per heavy atom. The number of hydrogen-bond acceptors (Lipinski definition) is 2. The van der Waals surface area contributed by atoms with Gasteiger partial charge in [0.05, 0.1) is 0 Å². The molecule has 0 aliphatic rings. The molecule has 0 bridgehead atoms. The van der Waals surface area contributed by atoms with Gasteiger partial charge in [-0.1, -0.05) is 35.0 Å². The lowest BCUT2D eigenvalue weighted by molar-refractivity contribution is 0.391. The Kier molecular flexibility index (Phi) is 5.25. The van der Waals surface area contributed by atoms with E-state index in [2.05, 4.69) is 21.2 Å². The zero-order chi connectivity index (χ0) is 15.4. The Balaban J connectivity index is 2.39. The van der Waals surface area contributed by atoms with Gasteiger partial charge in [-0.25, -0.2) is 8.78 Å². The molecule has 0 saturated carbocycles. The number of para-hydroxylation sites is 1. The fourth-order valence-corrected chi connectivity index (χ4v) is 2.19. The molecule has 21 heavy (non-hydrogen) atoms. The summed E-state index contributed by atoms with van der Waals surface area (Å²) in [6.45, 7) is 2.96. The summed E-state index contributed by atoms with van der Waals surface area (Å²) >= 11 is 3.05. The molecule has 0 aliphatic carbocycles. The number of hydrogen-bond donors (Lipinski definition) is 1. The van der Waals surface area contributed by atoms with E-state index in [1.165, 1.54) is 18.2 Å². The van der Waals surface area contributed by atoms with Crippen molar-refractivity contribution in [1.82, 2.24) is 5.32 Å². The maximum Gasteiger partial charge on any atom is 0.201 e.